The molecule has 0 saturated carbocycles. The average molecular weight is 403 g/mol. The summed E-state index contributed by atoms with van der Waals surface area (Å²) in [6, 6.07) is 5.06. The third-order valence-electron chi connectivity index (χ3n) is 5.17. The van der Waals surface area contributed by atoms with Crippen LogP contribution in [0.3, 0.4) is 0 Å². The number of carbonyl (C=O) groups is 2. The maximum Gasteiger partial charge on any atom is 0.337 e. The number of ether oxygens (including phenoxy) is 1. The highest BCUT2D eigenvalue weighted by Gasteiger charge is 2.40. The van der Waals surface area contributed by atoms with Crippen molar-refractivity contribution >= 4 is 35.1 Å². The number of rotatable bonds is 4. The maximum absolute atomic E-state index is 12.4. The van der Waals surface area contributed by atoms with E-state index in [4.69, 9.17) is 16.3 Å². The number of hydrogen-bond donors (Lipinski definition) is 1. The fourth-order valence-electron chi connectivity index (χ4n) is 3.88. The molecule has 1 aromatic heterocycles. The minimum atomic E-state index is -0.427. The first-order chi connectivity index (χ1) is 13.4. The number of methoxy groups -OCH3 is 1. The Kier molecular flexibility index (Phi) is 5.84. The molecular formula is C20H23ClN4O3. The third kappa shape index (κ3) is 3.67. The van der Waals surface area contributed by atoms with Crippen LogP contribution in [0.5, 0.6) is 0 Å². The van der Waals surface area contributed by atoms with Crippen molar-refractivity contribution in [1.29, 1.82) is 0 Å². The Morgan fingerprint density at radius 3 is 2.54 bits per heavy atom. The largest absolute Gasteiger partial charge is 0.465 e. The molecule has 1 aromatic carbocycles. The van der Waals surface area contributed by atoms with E-state index in [0.717, 1.165) is 17.7 Å². The van der Waals surface area contributed by atoms with Crippen molar-refractivity contribution in [2.24, 2.45) is 5.92 Å². The Balaban J connectivity index is 2.12. The molecule has 1 amide bonds. The zero-order valence-corrected chi connectivity index (χ0v) is 17.0. The molecule has 0 radical (unpaired) electrons. The molecule has 1 aliphatic rings. The molecule has 0 aliphatic carbocycles. The average Bonchev–Trinajstić information content (AvgIpc) is 2.69. The van der Waals surface area contributed by atoms with Crippen molar-refractivity contribution < 1.29 is 14.3 Å². The lowest BCUT2D eigenvalue weighted by molar-refractivity contribution is -0.117. The van der Waals surface area contributed by atoms with Crippen LogP contribution in [0.15, 0.2) is 30.6 Å². The van der Waals surface area contributed by atoms with E-state index in [0.29, 0.717) is 16.5 Å². The summed E-state index contributed by atoms with van der Waals surface area (Å²) in [4.78, 5) is 34.8. The number of esters is 1. The first kappa shape index (κ1) is 20.1. The lowest BCUT2D eigenvalue weighted by Crippen LogP contribution is -2.49. The van der Waals surface area contributed by atoms with Gasteiger partial charge in [-0.25, -0.2) is 14.8 Å². The van der Waals surface area contributed by atoms with Gasteiger partial charge in [-0.2, -0.15) is 0 Å². The predicted molar refractivity (Wildman–Crippen MR) is 108 cm³/mol. The molecule has 2 heterocycles. The zero-order valence-electron chi connectivity index (χ0n) is 16.3. The number of carbonyl (C=O) groups excluding carboxylic acids is 2. The Hall–Kier alpha value is -2.67. The second-order valence-electron chi connectivity index (χ2n) is 6.84. The number of amides is 1. The Labute approximate surface area is 169 Å². The number of hydrogen-bond acceptors (Lipinski definition) is 6. The molecule has 0 saturated heterocycles. The van der Waals surface area contributed by atoms with E-state index in [1.807, 2.05) is 4.90 Å². The van der Waals surface area contributed by atoms with Crippen LogP contribution in [0.4, 0.5) is 11.6 Å². The fourth-order valence-corrected chi connectivity index (χ4v) is 3.98. The highest BCUT2D eigenvalue weighted by molar-refractivity contribution is 6.30. The molecule has 1 aliphatic heterocycles. The van der Waals surface area contributed by atoms with Gasteiger partial charge in [-0.05, 0) is 30.2 Å². The number of nitrogens with one attached hydrogen (secondary N) is 1. The number of benzene rings is 1. The summed E-state index contributed by atoms with van der Waals surface area (Å²) in [5.41, 5.74) is 2.03. The minimum Gasteiger partial charge on any atom is -0.465 e. The number of anilines is 2. The standard InChI is InChI=1S/C20H23ClN4O3/c1-5-16-11(2)18(24-20-22-9-14(21)10-23-20)15-8-13(19(27)28-4)6-7-17(15)25(16)12(3)26/h6-11,16,18H,5H2,1-4H3,(H,22,23,24)/t11-,16+,18?/m1/s1. The number of fused-ring (bicyclic) bond motifs is 1. The summed E-state index contributed by atoms with van der Waals surface area (Å²) in [6.07, 6.45) is 3.84. The van der Waals surface area contributed by atoms with Gasteiger partial charge in [0, 0.05) is 24.6 Å². The van der Waals surface area contributed by atoms with Crippen molar-refractivity contribution in [2.45, 2.75) is 39.3 Å². The molecule has 1 N–H and O–H groups in total. The first-order valence-electron chi connectivity index (χ1n) is 9.13. The summed E-state index contributed by atoms with van der Waals surface area (Å²) in [5.74, 6) is 0.0197. The summed E-state index contributed by atoms with van der Waals surface area (Å²) >= 11 is 5.89. The van der Waals surface area contributed by atoms with Crippen LogP contribution >= 0.6 is 11.6 Å². The molecule has 3 atom stereocenters. The third-order valence-corrected chi connectivity index (χ3v) is 5.37. The first-order valence-corrected chi connectivity index (χ1v) is 9.51. The fraction of sp³-hybridized carbons (Fsp3) is 0.400. The van der Waals surface area contributed by atoms with E-state index < -0.39 is 5.97 Å². The van der Waals surface area contributed by atoms with Gasteiger partial charge >= 0.3 is 5.97 Å². The molecule has 2 aromatic rings. The van der Waals surface area contributed by atoms with Gasteiger partial charge in [0.25, 0.3) is 0 Å². The van der Waals surface area contributed by atoms with Crippen molar-refractivity contribution in [3.05, 3.63) is 46.7 Å². The molecule has 0 bridgehead atoms. The van der Waals surface area contributed by atoms with Gasteiger partial charge in [-0.3, -0.25) is 4.79 Å². The van der Waals surface area contributed by atoms with Crippen LogP contribution in [0.2, 0.25) is 5.02 Å². The van der Waals surface area contributed by atoms with E-state index in [1.54, 1.807) is 25.1 Å². The van der Waals surface area contributed by atoms with Gasteiger partial charge in [0.1, 0.15) is 0 Å². The Bertz CT molecular complexity index is 888. The molecule has 0 spiro atoms. The number of nitrogens with zero attached hydrogens (tertiary/aromatic N) is 3. The van der Waals surface area contributed by atoms with Crippen molar-refractivity contribution in [3.63, 3.8) is 0 Å². The summed E-state index contributed by atoms with van der Waals surface area (Å²) in [7, 11) is 1.34. The zero-order chi connectivity index (χ0) is 20.4. The molecule has 0 fully saturated rings. The second kappa shape index (κ2) is 8.14. The van der Waals surface area contributed by atoms with Gasteiger partial charge in [-0.15, -0.1) is 0 Å². The van der Waals surface area contributed by atoms with Crippen LogP contribution in [-0.4, -0.2) is 35.0 Å². The molecule has 28 heavy (non-hydrogen) atoms. The quantitative estimate of drug-likeness (QED) is 0.782. The molecule has 1 unspecified atom stereocenters. The van der Waals surface area contributed by atoms with Crippen molar-refractivity contribution in [1.82, 2.24) is 9.97 Å². The van der Waals surface area contributed by atoms with Crippen molar-refractivity contribution in [2.75, 3.05) is 17.3 Å². The Morgan fingerprint density at radius 1 is 1.29 bits per heavy atom. The molecule has 3 rings (SSSR count). The van der Waals surface area contributed by atoms with Crippen LogP contribution in [0.1, 0.15) is 49.2 Å². The summed E-state index contributed by atoms with van der Waals surface area (Å²) in [5, 5.41) is 3.80. The van der Waals surface area contributed by atoms with E-state index in [9.17, 15) is 9.59 Å². The lowest BCUT2D eigenvalue weighted by atomic mass is 9.80. The SMILES string of the molecule is CC[C@H]1[C@@H](C)C(Nc2ncc(Cl)cn2)c2cc(C(=O)OC)ccc2N1C(C)=O. The van der Waals surface area contributed by atoms with E-state index >= 15 is 0 Å². The van der Waals surface area contributed by atoms with Gasteiger partial charge in [-0.1, -0.05) is 25.4 Å². The van der Waals surface area contributed by atoms with Crippen LogP contribution < -0.4 is 10.2 Å². The van der Waals surface area contributed by atoms with Gasteiger partial charge in [0.2, 0.25) is 11.9 Å². The maximum atomic E-state index is 12.4. The lowest BCUT2D eigenvalue weighted by Gasteiger charge is -2.45. The van der Waals surface area contributed by atoms with Crippen LogP contribution in [0, 0.1) is 5.92 Å². The Morgan fingerprint density at radius 2 is 1.96 bits per heavy atom. The number of aromatic nitrogens is 2. The molecule has 148 valence electrons. The topological polar surface area (TPSA) is 84.4 Å². The minimum absolute atomic E-state index is 0.00113. The molecule has 8 heteroatoms. The van der Waals surface area contributed by atoms with Crippen LogP contribution in [0.25, 0.3) is 0 Å². The monoisotopic (exact) mass is 402 g/mol. The summed E-state index contributed by atoms with van der Waals surface area (Å²) in [6.45, 7) is 5.69. The molecular weight excluding hydrogens is 380 g/mol. The number of halogens is 1. The highest BCUT2D eigenvalue weighted by atomic mass is 35.5. The van der Waals surface area contributed by atoms with E-state index in [1.165, 1.54) is 19.5 Å². The van der Waals surface area contributed by atoms with Crippen molar-refractivity contribution in [3.8, 4) is 0 Å². The normalized spacial score (nSPS) is 21.0. The molecule has 7 nitrogen and oxygen atoms in total. The van der Waals surface area contributed by atoms with Gasteiger partial charge in [0.15, 0.2) is 0 Å². The van der Waals surface area contributed by atoms with Gasteiger partial charge < -0.3 is 15.0 Å². The smallest absolute Gasteiger partial charge is 0.337 e. The van der Waals surface area contributed by atoms with E-state index in [-0.39, 0.29) is 23.9 Å². The highest BCUT2D eigenvalue weighted by Crippen LogP contribution is 2.43. The second-order valence-corrected chi connectivity index (χ2v) is 7.27. The summed E-state index contributed by atoms with van der Waals surface area (Å²) < 4.78 is 4.86. The van der Waals surface area contributed by atoms with Gasteiger partial charge in [0.05, 0.1) is 36.1 Å². The van der Waals surface area contributed by atoms with E-state index in [2.05, 4.69) is 29.1 Å². The predicted octanol–water partition coefficient (Wildman–Crippen LogP) is 3.85. The van der Waals surface area contributed by atoms with Crippen LogP contribution in [-0.2, 0) is 9.53 Å².